The minimum Gasteiger partial charge on any atom is -0.507 e. The second-order valence-electron chi connectivity index (χ2n) is 7.12. The number of aromatic hydroxyl groups is 1. The first-order valence-corrected chi connectivity index (χ1v) is 9.97. The number of hydrogen-bond donors (Lipinski definition) is 3. The van der Waals surface area contributed by atoms with Gasteiger partial charge < -0.3 is 25.5 Å². The Morgan fingerprint density at radius 3 is 2.70 bits per heavy atom. The summed E-state index contributed by atoms with van der Waals surface area (Å²) in [5, 5.41) is 14.1. The maximum absolute atomic E-state index is 13.2. The Kier molecular flexibility index (Phi) is 6.87. The van der Waals surface area contributed by atoms with E-state index in [2.05, 4.69) is 5.32 Å². The van der Waals surface area contributed by atoms with E-state index in [0.717, 1.165) is 16.5 Å². The molecule has 4 N–H and O–H groups in total. The van der Waals surface area contributed by atoms with E-state index in [-0.39, 0.29) is 17.9 Å². The van der Waals surface area contributed by atoms with Crippen LogP contribution in [0.4, 0.5) is 0 Å². The van der Waals surface area contributed by atoms with Gasteiger partial charge in [0.15, 0.2) is 0 Å². The van der Waals surface area contributed by atoms with Crippen LogP contribution in [0.2, 0.25) is 0 Å². The Labute approximate surface area is 175 Å². The summed E-state index contributed by atoms with van der Waals surface area (Å²) in [6.07, 6.45) is 0. The number of nitrogens with two attached hydrogens (primary N) is 1. The molecule has 1 aromatic heterocycles. The zero-order valence-electron chi connectivity index (χ0n) is 17.2. The largest absolute Gasteiger partial charge is 0.507 e. The molecule has 1 heterocycles. The lowest BCUT2D eigenvalue weighted by molar-refractivity contribution is -0.119. The van der Waals surface area contributed by atoms with Crippen LogP contribution >= 0.6 is 0 Å². The number of benzene rings is 2. The molecule has 0 saturated heterocycles. The minimum atomic E-state index is -0.541. The molecular formula is C23H27N3O4. The van der Waals surface area contributed by atoms with E-state index in [1.165, 1.54) is 0 Å². The number of phenolic OH excluding ortho intramolecular Hbond substituents is 1. The second kappa shape index (κ2) is 9.56. The highest BCUT2D eigenvalue weighted by atomic mass is 16.5. The smallest absolute Gasteiger partial charge is 0.255 e. The number of ether oxygens (including phenoxy) is 1. The highest BCUT2D eigenvalue weighted by molar-refractivity contribution is 5.86. The number of amides is 1. The normalized spacial score (nSPS) is 12.2. The average Bonchev–Trinajstić information content (AvgIpc) is 2.74. The summed E-state index contributed by atoms with van der Waals surface area (Å²) < 4.78 is 7.15. The molecule has 1 unspecified atom stereocenters. The molecular weight excluding hydrogens is 382 g/mol. The number of aromatic nitrogens is 1. The molecule has 7 heteroatoms. The van der Waals surface area contributed by atoms with Gasteiger partial charge in [0.2, 0.25) is 5.91 Å². The zero-order valence-corrected chi connectivity index (χ0v) is 17.2. The Morgan fingerprint density at radius 1 is 1.23 bits per heavy atom. The first-order chi connectivity index (χ1) is 14.4. The van der Waals surface area contributed by atoms with Crippen LogP contribution in [0.1, 0.15) is 19.4 Å². The SMILES string of the molecule is CCOCCn1c(=O)c(CNC(C)C(N)=O)cc2ccc(-c3ccccc3O)cc21. The predicted molar refractivity (Wildman–Crippen MR) is 117 cm³/mol. The highest BCUT2D eigenvalue weighted by Crippen LogP contribution is 2.30. The van der Waals surface area contributed by atoms with Crippen molar-refractivity contribution in [2.75, 3.05) is 13.2 Å². The summed E-state index contributed by atoms with van der Waals surface area (Å²) in [6.45, 7) is 5.16. The standard InChI is InChI=1S/C23H27N3O4/c1-3-30-11-10-26-20-13-16(19-6-4-5-7-21(19)27)8-9-17(20)12-18(23(26)29)14-25-15(2)22(24)28/h4-9,12-13,15,25,27H,3,10-11,14H2,1-2H3,(H2,24,28). The Balaban J connectivity index is 2.08. The fraction of sp³-hybridized carbons (Fsp3) is 0.304. The molecule has 2 aromatic carbocycles. The molecule has 30 heavy (non-hydrogen) atoms. The number of nitrogens with zero attached hydrogens (tertiary/aromatic N) is 1. The number of carbonyl (C=O) groups is 1. The fourth-order valence-electron chi connectivity index (χ4n) is 3.33. The third kappa shape index (κ3) is 4.69. The number of phenols is 1. The second-order valence-corrected chi connectivity index (χ2v) is 7.12. The maximum Gasteiger partial charge on any atom is 0.255 e. The lowest BCUT2D eigenvalue weighted by Crippen LogP contribution is -2.39. The Morgan fingerprint density at radius 2 is 2.00 bits per heavy atom. The number of nitrogens with one attached hydrogen (secondary N) is 1. The van der Waals surface area contributed by atoms with Gasteiger partial charge in [0.05, 0.1) is 18.2 Å². The van der Waals surface area contributed by atoms with Crippen LogP contribution in [0.15, 0.2) is 53.3 Å². The molecule has 3 rings (SSSR count). The van der Waals surface area contributed by atoms with Crippen molar-refractivity contribution >= 4 is 16.8 Å². The van der Waals surface area contributed by atoms with E-state index in [1.807, 2.05) is 43.3 Å². The minimum absolute atomic E-state index is 0.152. The molecule has 0 aliphatic heterocycles. The summed E-state index contributed by atoms with van der Waals surface area (Å²) in [4.78, 5) is 24.5. The van der Waals surface area contributed by atoms with Crippen molar-refractivity contribution in [3.05, 3.63) is 64.4 Å². The highest BCUT2D eigenvalue weighted by Gasteiger charge is 2.14. The van der Waals surface area contributed by atoms with Crippen LogP contribution in [0.3, 0.4) is 0 Å². The Hall–Kier alpha value is -3.16. The Bertz CT molecular complexity index is 1110. The monoisotopic (exact) mass is 409 g/mol. The van der Waals surface area contributed by atoms with Gasteiger partial charge in [-0.05, 0) is 43.0 Å². The number of primary amides is 1. The van der Waals surface area contributed by atoms with Crippen LogP contribution in [0, 0.1) is 0 Å². The average molecular weight is 409 g/mol. The van der Waals surface area contributed by atoms with E-state index in [0.29, 0.717) is 30.9 Å². The molecule has 3 aromatic rings. The molecule has 0 spiro atoms. The van der Waals surface area contributed by atoms with E-state index >= 15 is 0 Å². The predicted octanol–water partition coefficient (Wildman–Crippen LogP) is 2.37. The number of fused-ring (bicyclic) bond motifs is 1. The lowest BCUT2D eigenvalue weighted by Gasteiger charge is -2.16. The number of carbonyl (C=O) groups excluding carboxylic acids is 1. The topological polar surface area (TPSA) is 107 Å². The molecule has 0 aliphatic rings. The van der Waals surface area contributed by atoms with Gasteiger partial charge in [-0.1, -0.05) is 30.3 Å². The molecule has 7 nitrogen and oxygen atoms in total. The summed E-state index contributed by atoms with van der Waals surface area (Å²) in [7, 11) is 0. The third-order valence-electron chi connectivity index (χ3n) is 5.07. The number of para-hydroxylation sites is 1. The van der Waals surface area contributed by atoms with Gasteiger partial charge in [0.1, 0.15) is 5.75 Å². The van der Waals surface area contributed by atoms with Gasteiger partial charge in [-0.25, -0.2) is 0 Å². The number of pyridine rings is 1. The molecule has 158 valence electrons. The lowest BCUT2D eigenvalue weighted by atomic mass is 10.0. The van der Waals surface area contributed by atoms with Crippen molar-refractivity contribution in [1.29, 1.82) is 0 Å². The molecule has 0 fully saturated rings. The third-order valence-corrected chi connectivity index (χ3v) is 5.07. The van der Waals surface area contributed by atoms with Gasteiger partial charge in [-0.2, -0.15) is 0 Å². The fourth-order valence-corrected chi connectivity index (χ4v) is 3.33. The molecule has 1 atom stereocenters. The molecule has 0 saturated carbocycles. The van der Waals surface area contributed by atoms with Gasteiger partial charge in [0.25, 0.3) is 5.56 Å². The molecule has 1 amide bonds. The first-order valence-electron chi connectivity index (χ1n) is 9.97. The van der Waals surface area contributed by atoms with Crippen molar-refractivity contribution in [3.8, 4) is 16.9 Å². The van der Waals surface area contributed by atoms with Crippen molar-refractivity contribution < 1.29 is 14.6 Å². The van der Waals surface area contributed by atoms with Crippen LogP contribution in [0.5, 0.6) is 5.75 Å². The van der Waals surface area contributed by atoms with Crippen LogP contribution in [-0.4, -0.2) is 34.8 Å². The van der Waals surface area contributed by atoms with E-state index in [4.69, 9.17) is 10.5 Å². The van der Waals surface area contributed by atoms with Crippen LogP contribution < -0.4 is 16.6 Å². The molecule has 0 bridgehead atoms. The number of rotatable bonds is 9. The van der Waals surface area contributed by atoms with Crippen molar-refractivity contribution in [1.82, 2.24) is 9.88 Å². The van der Waals surface area contributed by atoms with Gasteiger partial charge in [-0.15, -0.1) is 0 Å². The van der Waals surface area contributed by atoms with Gasteiger partial charge >= 0.3 is 0 Å². The van der Waals surface area contributed by atoms with Crippen LogP contribution in [0.25, 0.3) is 22.0 Å². The summed E-state index contributed by atoms with van der Waals surface area (Å²) in [5.41, 5.74) is 7.97. The maximum atomic E-state index is 13.2. The zero-order chi connectivity index (χ0) is 21.7. The van der Waals surface area contributed by atoms with Crippen molar-refractivity contribution in [2.45, 2.75) is 33.0 Å². The van der Waals surface area contributed by atoms with E-state index in [9.17, 15) is 14.7 Å². The molecule has 0 radical (unpaired) electrons. The summed E-state index contributed by atoms with van der Waals surface area (Å²) in [5.74, 6) is -0.291. The van der Waals surface area contributed by atoms with Gasteiger partial charge in [-0.3, -0.25) is 9.59 Å². The summed E-state index contributed by atoms with van der Waals surface area (Å²) >= 11 is 0. The van der Waals surface area contributed by atoms with Crippen molar-refractivity contribution in [2.24, 2.45) is 5.73 Å². The summed E-state index contributed by atoms with van der Waals surface area (Å²) in [6, 6.07) is 14.1. The van der Waals surface area contributed by atoms with E-state index in [1.54, 1.807) is 23.6 Å². The number of hydrogen-bond acceptors (Lipinski definition) is 5. The van der Waals surface area contributed by atoms with Crippen molar-refractivity contribution in [3.63, 3.8) is 0 Å². The first kappa shape index (κ1) is 21.5. The van der Waals surface area contributed by atoms with Crippen LogP contribution in [-0.2, 0) is 22.6 Å². The molecule has 0 aliphatic carbocycles. The quantitative estimate of drug-likeness (QED) is 0.471. The van der Waals surface area contributed by atoms with Gasteiger partial charge in [0, 0.05) is 30.8 Å². The van der Waals surface area contributed by atoms with E-state index < -0.39 is 11.9 Å².